The Hall–Kier alpha value is -2.54. The van der Waals surface area contributed by atoms with Crippen LogP contribution >= 0.6 is 0 Å². The zero-order chi connectivity index (χ0) is 33.4. The van der Waals surface area contributed by atoms with Crippen molar-refractivity contribution in [3.63, 3.8) is 0 Å². The third-order valence-electron chi connectivity index (χ3n) is 11.1. The van der Waals surface area contributed by atoms with Gasteiger partial charge < -0.3 is 0 Å². The third-order valence-corrected chi connectivity index (χ3v) is 28.7. The van der Waals surface area contributed by atoms with Gasteiger partial charge in [-0.3, -0.25) is 0 Å². The molecule has 46 heavy (non-hydrogen) atoms. The molecule has 6 rings (SSSR count). The fraction of sp³-hybridized carbons (Fsp3) is 0.364. The van der Waals surface area contributed by atoms with Gasteiger partial charge in [0, 0.05) is 0 Å². The second kappa shape index (κ2) is 11.3. The number of fused-ring (bicyclic) bond motifs is 2. The van der Waals surface area contributed by atoms with Gasteiger partial charge in [-0.2, -0.15) is 0 Å². The maximum absolute atomic E-state index is 3.67. The summed E-state index contributed by atoms with van der Waals surface area (Å²) in [6.45, 7) is 23.5. The van der Waals surface area contributed by atoms with Gasteiger partial charge in [-0.1, -0.05) is 0 Å². The molecule has 2 heteroatoms. The minimum atomic E-state index is -3.67. The van der Waals surface area contributed by atoms with Crippen LogP contribution in [0.15, 0.2) is 96.1 Å². The molecule has 238 valence electrons. The van der Waals surface area contributed by atoms with Gasteiger partial charge in [0.1, 0.15) is 0 Å². The van der Waals surface area contributed by atoms with E-state index in [0.717, 1.165) is 0 Å². The molecule has 2 atom stereocenters. The van der Waals surface area contributed by atoms with E-state index in [9.17, 15) is 0 Å². The van der Waals surface area contributed by atoms with E-state index in [1.54, 1.807) is 22.3 Å². The summed E-state index contributed by atoms with van der Waals surface area (Å²) in [6.07, 6.45) is 5.15. The summed E-state index contributed by atoms with van der Waals surface area (Å²) in [5.41, 5.74) is 17.7. The van der Waals surface area contributed by atoms with Crippen molar-refractivity contribution in [1.29, 1.82) is 0 Å². The molecule has 0 aliphatic heterocycles. The zero-order valence-electron chi connectivity index (χ0n) is 30.2. The average Bonchev–Trinajstić information content (AvgIpc) is 3.55. The second-order valence-electron chi connectivity index (χ2n) is 17.8. The zero-order valence-corrected chi connectivity index (χ0v) is 34.0. The first-order valence-corrected chi connectivity index (χ1v) is 31.0. The fourth-order valence-corrected chi connectivity index (χ4v) is 29.3. The van der Waals surface area contributed by atoms with Gasteiger partial charge >= 0.3 is 284 Å². The Morgan fingerprint density at radius 2 is 1.00 bits per heavy atom. The van der Waals surface area contributed by atoms with Crippen molar-refractivity contribution >= 4 is 19.0 Å². The molecule has 2 aliphatic rings. The molecule has 2 unspecified atom stereocenters. The van der Waals surface area contributed by atoms with Crippen molar-refractivity contribution in [3.05, 3.63) is 129 Å². The van der Waals surface area contributed by atoms with Crippen LogP contribution in [0.2, 0.25) is 9.26 Å². The van der Waals surface area contributed by atoms with Crippen LogP contribution < -0.4 is 0 Å². The molecule has 0 N–H and O–H groups in total. The molecule has 0 nitrogen and oxygen atoms in total. The van der Waals surface area contributed by atoms with E-state index in [-0.39, 0.29) is 10.8 Å². The summed E-state index contributed by atoms with van der Waals surface area (Å²) in [6, 6.07) is 32.9. The van der Waals surface area contributed by atoms with Gasteiger partial charge in [0.25, 0.3) is 0 Å². The maximum atomic E-state index is 2.77. The monoisotopic (exact) mass is 700 g/mol. The van der Waals surface area contributed by atoms with Crippen LogP contribution in [-0.4, -0.2) is 6.88 Å². The van der Waals surface area contributed by atoms with Crippen molar-refractivity contribution in [1.82, 2.24) is 0 Å². The van der Waals surface area contributed by atoms with Crippen molar-refractivity contribution in [3.8, 4) is 22.3 Å². The van der Waals surface area contributed by atoms with E-state index in [0.29, 0.717) is 13.2 Å². The van der Waals surface area contributed by atoms with Crippen molar-refractivity contribution in [2.45, 2.75) is 89.7 Å². The van der Waals surface area contributed by atoms with Gasteiger partial charge in [0.05, 0.1) is 0 Å². The Labute approximate surface area is 281 Å². The van der Waals surface area contributed by atoms with Gasteiger partial charge in [0.2, 0.25) is 0 Å². The topological polar surface area (TPSA) is 0 Å². The van der Waals surface area contributed by atoms with Crippen molar-refractivity contribution < 1.29 is 17.4 Å². The van der Waals surface area contributed by atoms with Crippen LogP contribution in [0.1, 0.15) is 103 Å². The van der Waals surface area contributed by atoms with E-state index in [1.165, 1.54) is 44.5 Å². The van der Waals surface area contributed by atoms with Crippen LogP contribution in [0.4, 0.5) is 0 Å². The summed E-state index contributed by atoms with van der Waals surface area (Å²) in [5, 5.41) is 0. The second-order valence-corrected chi connectivity index (χ2v) is 48.2. The average molecular weight is 702 g/mol. The summed E-state index contributed by atoms with van der Waals surface area (Å²) in [7, 11) is 0. The first-order valence-electron chi connectivity index (χ1n) is 17.3. The molecule has 0 fully saturated rings. The molecule has 0 radical (unpaired) electrons. The van der Waals surface area contributed by atoms with Crippen LogP contribution in [-0.2, 0) is 28.2 Å². The normalized spacial score (nSPS) is 18.4. The third kappa shape index (κ3) is 5.66. The molecule has 0 bridgehead atoms. The number of benzene rings is 4. The molecule has 2 aliphatic carbocycles. The van der Waals surface area contributed by atoms with Crippen LogP contribution in [0, 0.1) is 5.92 Å². The molecular formula is C44H54SiZr. The first kappa shape index (κ1) is 33.4. The Morgan fingerprint density at radius 1 is 0.587 bits per heavy atom. The standard InChI is InChI=1S/C22H25.C20H21.2CH3.H2Si.Zr/c1-15(2)18-13-17-7-6-8-20(21(17)14-18)16-9-11-19(12-10-16)22(3,4)5;1-14-12-16-6-5-7-18(19(16)13-14)15-8-10-17(11-9-15)20(2,3)4;;;;/h6-15H,1-5H3;5-13H,1-4H3;2*1H3;1H2;. The van der Waals surface area contributed by atoms with Gasteiger partial charge in [-0.15, -0.1) is 0 Å². The van der Waals surface area contributed by atoms with Crippen LogP contribution in [0.5, 0.6) is 0 Å². The number of rotatable bonds is 5. The molecule has 0 saturated heterocycles. The summed E-state index contributed by atoms with van der Waals surface area (Å²) in [4.78, 5) is 0. The summed E-state index contributed by atoms with van der Waals surface area (Å²) < 4.78 is 6.55. The van der Waals surface area contributed by atoms with Crippen LogP contribution in [0.3, 0.4) is 0 Å². The molecule has 0 saturated carbocycles. The summed E-state index contributed by atoms with van der Waals surface area (Å²) in [5.74, 6) is 0.504. The Kier molecular flexibility index (Phi) is 8.18. The SMILES string of the molecule is CC1=Cc2c(-c3ccc(C(C)(C)C)cc3)cccc2[CH]1[Zr]([CH3])([CH3])(=[SiH2])[CH]1C(C(C)C)=Cc2c(-c3ccc(C(C)(C)C)cc3)cccc21. The molecule has 4 aromatic rings. The molecule has 0 aromatic heterocycles. The summed E-state index contributed by atoms with van der Waals surface area (Å²) >= 11 is -3.67. The molecule has 0 heterocycles. The fourth-order valence-electron chi connectivity index (χ4n) is 8.76. The molecule has 0 amide bonds. The van der Waals surface area contributed by atoms with Crippen molar-refractivity contribution in [2.24, 2.45) is 5.92 Å². The van der Waals surface area contributed by atoms with E-state index in [2.05, 4.69) is 176 Å². The van der Waals surface area contributed by atoms with Gasteiger partial charge in [0.15, 0.2) is 0 Å². The van der Waals surface area contributed by atoms with E-state index in [1.807, 2.05) is 0 Å². The quantitative estimate of drug-likeness (QED) is 0.182. The number of hydrogen-bond acceptors (Lipinski definition) is 0. The van der Waals surface area contributed by atoms with Gasteiger partial charge in [-0.25, -0.2) is 0 Å². The van der Waals surface area contributed by atoms with Crippen molar-refractivity contribution in [2.75, 3.05) is 0 Å². The predicted octanol–water partition coefficient (Wildman–Crippen LogP) is 12.2. The first-order chi connectivity index (χ1) is 21.4. The van der Waals surface area contributed by atoms with E-state index in [4.69, 9.17) is 0 Å². The van der Waals surface area contributed by atoms with Crippen LogP contribution in [0.25, 0.3) is 34.4 Å². The van der Waals surface area contributed by atoms with E-state index >= 15 is 0 Å². The molecule has 0 spiro atoms. The minimum absolute atomic E-state index is 0.152. The van der Waals surface area contributed by atoms with Gasteiger partial charge in [-0.05, 0) is 0 Å². The number of allylic oxidation sites excluding steroid dienone is 2. The molecule has 4 aromatic carbocycles. The predicted molar refractivity (Wildman–Crippen MR) is 203 cm³/mol. The molecular weight excluding hydrogens is 648 g/mol. The Balaban J connectivity index is 1.46. The Bertz CT molecular complexity index is 1940. The van der Waals surface area contributed by atoms with E-state index < -0.39 is 17.4 Å². The Morgan fingerprint density at radius 3 is 1.41 bits per heavy atom. The number of hydrogen-bond donors (Lipinski definition) is 0.